The summed E-state index contributed by atoms with van der Waals surface area (Å²) in [7, 11) is 0. The number of ether oxygens (including phenoxy) is 1. The number of nitrogens with zero attached hydrogens (tertiary/aromatic N) is 2. The molecule has 0 atom stereocenters. The highest BCUT2D eigenvalue weighted by Gasteiger charge is 2.26. The third kappa shape index (κ3) is 2.57. The molecule has 96 valence electrons. The lowest BCUT2D eigenvalue weighted by Gasteiger charge is -2.24. The van der Waals surface area contributed by atoms with Crippen molar-refractivity contribution in [1.82, 2.24) is 4.98 Å². The van der Waals surface area contributed by atoms with Crippen LogP contribution in [0, 0.1) is 0 Å². The van der Waals surface area contributed by atoms with E-state index in [0.717, 1.165) is 0 Å². The fourth-order valence-electron chi connectivity index (χ4n) is 1.79. The van der Waals surface area contributed by atoms with Gasteiger partial charge in [0.1, 0.15) is 5.76 Å². The van der Waals surface area contributed by atoms with Crippen LogP contribution in [0.15, 0.2) is 4.42 Å². The fraction of sp³-hybridized carbons (Fsp3) is 0.727. The van der Waals surface area contributed by atoms with E-state index in [0.29, 0.717) is 26.3 Å². The molecule has 1 saturated heterocycles. The number of hydrogen-bond acceptors (Lipinski definition) is 4. The molecule has 1 aromatic heterocycles. The molecule has 2 rings (SSSR count). The van der Waals surface area contributed by atoms with Crippen LogP contribution in [0.5, 0.6) is 0 Å². The number of aromatic nitrogens is 1. The van der Waals surface area contributed by atoms with Crippen LogP contribution in [0.25, 0.3) is 0 Å². The summed E-state index contributed by atoms with van der Waals surface area (Å²) in [5, 5.41) is 0. The number of hydrogen-bond donors (Lipinski definition) is 0. The maximum atomic E-state index is 12.8. The van der Waals surface area contributed by atoms with E-state index in [1.807, 2.05) is 18.7 Å². The lowest BCUT2D eigenvalue weighted by atomic mass is 10.1. The summed E-state index contributed by atoms with van der Waals surface area (Å²) in [6.45, 7) is 6.03. The summed E-state index contributed by atoms with van der Waals surface area (Å²) in [6.07, 6.45) is -2.59. The zero-order valence-electron chi connectivity index (χ0n) is 9.95. The number of oxazole rings is 1. The van der Waals surface area contributed by atoms with Crippen LogP contribution in [-0.4, -0.2) is 31.3 Å². The summed E-state index contributed by atoms with van der Waals surface area (Å²) >= 11 is 0. The van der Waals surface area contributed by atoms with Gasteiger partial charge in [-0.05, 0) is 0 Å². The van der Waals surface area contributed by atoms with Gasteiger partial charge in [0.15, 0.2) is 5.69 Å². The standard InChI is InChI=1S/C11H16F2N2O2/c1-7(2)9-8(10(12)13)14-11(17-9)15-3-5-16-6-4-15/h7,10H,3-6H2,1-2H3. The number of anilines is 1. The highest BCUT2D eigenvalue weighted by molar-refractivity contribution is 5.32. The first-order valence-corrected chi connectivity index (χ1v) is 5.71. The molecular formula is C11H16F2N2O2. The molecule has 1 aliphatic heterocycles. The second-order valence-corrected chi connectivity index (χ2v) is 4.30. The molecule has 0 unspecified atom stereocenters. The average Bonchev–Trinajstić information content (AvgIpc) is 2.75. The Bertz CT molecular complexity index is 348. The van der Waals surface area contributed by atoms with Gasteiger partial charge in [-0.15, -0.1) is 0 Å². The Balaban J connectivity index is 2.26. The maximum Gasteiger partial charge on any atom is 0.298 e. The van der Waals surface area contributed by atoms with Gasteiger partial charge in [-0.1, -0.05) is 13.8 Å². The number of morpholine rings is 1. The maximum absolute atomic E-state index is 12.8. The van der Waals surface area contributed by atoms with Crippen molar-refractivity contribution in [2.24, 2.45) is 0 Å². The third-order valence-electron chi connectivity index (χ3n) is 2.68. The SMILES string of the molecule is CC(C)c1oc(N2CCOCC2)nc1C(F)F. The lowest BCUT2D eigenvalue weighted by molar-refractivity contribution is 0.120. The first-order valence-electron chi connectivity index (χ1n) is 5.71. The molecule has 1 aromatic rings. The quantitative estimate of drug-likeness (QED) is 0.821. The monoisotopic (exact) mass is 246 g/mol. The number of halogens is 2. The Morgan fingerprint density at radius 3 is 2.35 bits per heavy atom. The molecule has 1 fully saturated rings. The topological polar surface area (TPSA) is 38.5 Å². The van der Waals surface area contributed by atoms with Gasteiger partial charge in [0.05, 0.1) is 13.2 Å². The first-order chi connectivity index (χ1) is 8.09. The van der Waals surface area contributed by atoms with Gasteiger partial charge in [0.25, 0.3) is 12.4 Å². The Morgan fingerprint density at radius 2 is 1.88 bits per heavy atom. The number of rotatable bonds is 3. The van der Waals surface area contributed by atoms with E-state index in [9.17, 15) is 8.78 Å². The molecule has 0 aliphatic carbocycles. The molecular weight excluding hydrogens is 230 g/mol. The fourth-order valence-corrected chi connectivity index (χ4v) is 1.79. The highest BCUT2D eigenvalue weighted by Crippen LogP contribution is 2.31. The predicted octanol–water partition coefficient (Wildman–Crippen LogP) is 2.57. The van der Waals surface area contributed by atoms with Gasteiger partial charge in [-0.3, -0.25) is 0 Å². The largest absolute Gasteiger partial charge is 0.428 e. The van der Waals surface area contributed by atoms with Gasteiger partial charge < -0.3 is 14.1 Å². The van der Waals surface area contributed by atoms with E-state index in [1.165, 1.54) is 0 Å². The van der Waals surface area contributed by atoms with Gasteiger partial charge in [0, 0.05) is 19.0 Å². The molecule has 4 nitrogen and oxygen atoms in total. The average molecular weight is 246 g/mol. The van der Waals surface area contributed by atoms with Crippen LogP contribution in [0.3, 0.4) is 0 Å². The summed E-state index contributed by atoms with van der Waals surface area (Å²) in [6, 6.07) is 0.285. The van der Waals surface area contributed by atoms with Crippen molar-refractivity contribution in [3.05, 3.63) is 11.5 Å². The zero-order chi connectivity index (χ0) is 12.4. The van der Waals surface area contributed by atoms with Crippen LogP contribution >= 0.6 is 0 Å². The molecule has 0 spiro atoms. The molecule has 0 bridgehead atoms. The molecule has 0 saturated carbocycles. The molecule has 0 N–H and O–H groups in total. The molecule has 2 heterocycles. The van der Waals surface area contributed by atoms with Crippen molar-refractivity contribution in [3.63, 3.8) is 0 Å². The van der Waals surface area contributed by atoms with E-state index < -0.39 is 6.43 Å². The normalized spacial score (nSPS) is 17.2. The second kappa shape index (κ2) is 5.00. The lowest BCUT2D eigenvalue weighted by Crippen LogP contribution is -2.36. The second-order valence-electron chi connectivity index (χ2n) is 4.30. The summed E-state index contributed by atoms with van der Waals surface area (Å²) < 4.78 is 36.3. The van der Waals surface area contributed by atoms with Crippen LogP contribution in [0.4, 0.5) is 14.8 Å². The van der Waals surface area contributed by atoms with E-state index in [4.69, 9.17) is 9.15 Å². The van der Waals surface area contributed by atoms with E-state index in [-0.39, 0.29) is 23.4 Å². The van der Waals surface area contributed by atoms with Crippen molar-refractivity contribution in [2.75, 3.05) is 31.2 Å². The molecule has 0 radical (unpaired) electrons. The highest BCUT2D eigenvalue weighted by atomic mass is 19.3. The molecule has 0 aromatic carbocycles. The Kier molecular flexibility index (Phi) is 3.61. The zero-order valence-corrected chi connectivity index (χ0v) is 9.95. The molecule has 0 amide bonds. The van der Waals surface area contributed by atoms with Crippen molar-refractivity contribution in [1.29, 1.82) is 0 Å². The smallest absolute Gasteiger partial charge is 0.298 e. The minimum Gasteiger partial charge on any atom is -0.428 e. The molecule has 6 heteroatoms. The van der Waals surface area contributed by atoms with Crippen molar-refractivity contribution in [2.45, 2.75) is 26.2 Å². The van der Waals surface area contributed by atoms with Crippen molar-refractivity contribution in [3.8, 4) is 0 Å². The number of alkyl halides is 2. The van der Waals surface area contributed by atoms with E-state index in [2.05, 4.69) is 4.98 Å². The van der Waals surface area contributed by atoms with Crippen molar-refractivity contribution < 1.29 is 17.9 Å². The van der Waals surface area contributed by atoms with Gasteiger partial charge in [0.2, 0.25) is 0 Å². The van der Waals surface area contributed by atoms with Crippen LogP contribution in [0.2, 0.25) is 0 Å². The van der Waals surface area contributed by atoms with E-state index >= 15 is 0 Å². The first kappa shape index (κ1) is 12.3. The Hall–Kier alpha value is -1.17. The Labute approximate surface area is 98.6 Å². The van der Waals surface area contributed by atoms with Crippen LogP contribution in [0.1, 0.15) is 37.6 Å². The predicted molar refractivity (Wildman–Crippen MR) is 58.6 cm³/mol. The van der Waals surface area contributed by atoms with Gasteiger partial charge in [-0.25, -0.2) is 8.78 Å². The van der Waals surface area contributed by atoms with Crippen molar-refractivity contribution >= 4 is 6.01 Å². The van der Waals surface area contributed by atoms with Crippen LogP contribution in [-0.2, 0) is 4.74 Å². The summed E-state index contributed by atoms with van der Waals surface area (Å²) in [5.41, 5.74) is -0.235. The van der Waals surface area contributed by atoms with Gasteiger partial charge >= 0.3 is 0 Å². The minimum absolute atomic E-state index is 0.0960. The van der Waals surface area contributed by atoms with Crippen LogP contribution < -0.4 is 4.90 Å². The molecule has 1 aliphatic rings. The minimum atomic E-state index is -2.59. The van der Waals surface area contributed by atoms with E-state index in [1.54, 1.807) is 0 Å². The Morgan fingerprint density at radius 1 is 1.24 bits per heavy atom. The summed E-state index contributed by atoms with van der Waals surface area (Å²) in [5.74, 6) is 0.183. The van der Waals surface area contributed by atoms with Gasteiger partial charge in [-0.2, -0.15) is 4.98 Å². The summed E-state index contributed by atoms with van der Waals surface area (Å²) in [4.78, 5) is 5.74. The molecule has 17 heavy (non-hydrogen) atoms. The third-order valence-corrected chi connectivity index (χ3v) is 2.68.